The number of aliphatic hydroxyl groups excluding tert-OH is 1. The van der Waals surface area contributed by atoms with Crippen LogP contribution in [0.15, 0.2) is 61.3 Å². The molecule has 2 aromatic carbocycles. The normalized spacial score (nSPS) is 10.4. The quantitative estimate of drug-likeness (QED) is 0.168. The van der Waals surface area contributed by atoms with Gasteiger partial charge in [0, 0.05) is 17.7 Å². The molecule has 0 saturated carbocycles. The van der Waals surface area contributed by atoms with E-state index in [9.17, 15) is 9.59 Å². The number of carbonyl (C=O) groups excluding carboxylic acids is 2. The topological polar surface area (TPSA) is 135 Å². The molecule has 0 radical (unpaired) electrons. The van der Waals surface area contributed by atoms with Gasteiger partial charge in [0.15, 0.2) is 11.6 Å². The number of amides is 1. The molecule has 0 unspecified atom stereocenters. The maximum atomic E-state index is 12.3. The number of ether oxygens (including phenoxy) is 1. The average Bonchev–Trinajstić information content (AvgIpc) is 2.87. The number of carbonyl (C=O) groups is 2. The first kappa shape index (κ1) is 25.6. The molecule has 0 saturated heterocycles. The van der Waals surface area contributed by atoms with Crippen molar-refractivity contribution in [2.45, 2.75) is 6.42 Å². The molecule has 0 fully saturated rings. The van der Waals surface area contributed by atoms with Crippen molar-refractivity contribution in [3.63, 3.8) is 0 Å². The van der Waals surface area contributed by atoms with Gasteiger partial charge in [0.05, 0.1) is 32.2 Å². The Bertz CT molecular complexity index is 1220. The molecule has 1 heterocycles. The number of para-hydroxylation sites is 1. The Labute approximate surface area is 206 Å². The van der Waals surface area contributed by atoms with E-state index in [0.29, 0.717) is 22.9 Å². The van der Waals surface area contributed by atoms with E-state index in [1.165, 1.54) is 25.4 Å². The lowest BCUT2D eigenvalue weighted by molar-refractivity contribution is -0.114. The standard InChI is InChI=1S/C24H24ClN5O5/c1-3-17(32)12-15-6-4-5-7-19(15)27-22-18(25)14-26-24(29-22)28-20-13-16(8-9-21(20)34-2)23(33)30-35-11-10-31/h3-9,13-14,31H,1,10-12H2,2H3,(H,30,33)(H2,26,27,28,29). The zero-order chi connectivity index (χ0) is 25.2. The number of aromatic nitrogens is 2. The molecule has 0 bridgehead atoms. The number of ketones is 1. The van der Waals surface area contributed by atoms with Crippen LogP contribution in [0.3, 0.4) is 0 Å². The Morgan fingerprint density at radius 2 is 1.97 bits per heavy atom. The number of hydroxylamine groups is 1. The Morgan fingerprint density at radius 1 is 1.17 bits per heavy atom. The molecule has 35 heavy (non-hydrogen) atoms. The summed E-state index contributed by atoms with van der Waals surface area (Å²) in [5.74, 6) is 0.318. The zero-order valence-electron chi connectivity index (χ0n) is 18.9. The van der Waals surface area contributed by atoms with Crippen LogP contribution in [0.1, 0.15) is 15.9 Å². The molecule has 0 atom stereocenters. The molecule has 182 valence electrons. The van der Waals surface area contributed by atoms with E-state index < -0.39 is 5.91 Å². The van der Waals surface area contributed by atoms with E-state index in [0.717, 1.165) is 5.56 Å². The van der Waals surface area contributed by atoms with E-state index >= 15 is 0 Å². The molecule has 1 aromatic heterocycles. The minimum atomic E-state index is -0.505. The monoisotopic (exact) mass is 497 g/mol. The van der Waals surface area contributed by atoms with Gasteiger partial charge in [-0.25, -0.2) is 10.5 Å². The number of nitrogens with zero attached hydrogens (tertiary/aromatic N) is 2. The van der Waals surface area contributed by atoms with Crippen molar-refractivity contribution in [1.29, 1.82) is 0 Å². The molecular formula is C24H24ClN5O5. The summed E-state index contributed by atoms with van der Waals surface area (Å²) in [4.78, 5) is 37.6. The fourth-order valence-corrected chi connectivity index (χ4v) is 3.13. The highest BCUT2D eigenvalue weighted by Gasteiger charge is 2.14. The Hall–Kier alpha value is -3.99. The minimum absolute atomic E-state index is 0.0354. The van der Waals surface area contributed by atoms with Crippen molar-refractivity contribution in [2.75, 3.05) is 31.0 Å². The first-order valence-corrected chi connectivity index (χ1v) is 10.8. The lowest BCUT2D eigenvalue weighted by Crippen LogP contribution is -2.25. The van der Waals surface area contributed by atoms with Crippen molar-refractivity contribution in [2.24, 2.45) is 0 Å². The summed E-state index contributed by atoms with van der Waals surface area (Å²) in [7, 11) is 1.49. The highest BCUT2D eigenvalue weighted by Crippen LogP contribution is 2.30. The van der Waals surface area contributed by atoms with Crippen molar-refractivity contribution in [1.82, 2.24) is 15.4 Å². The van der Waals surface area contributed by atoms with Crippen molar-refractivity contribution in [3.05, 3.63) is 77.5 Å². The van der Waals surface area contributed by atoms with Crippen LogP contribution in [0.25, 0.3) is 0 Å². The SMILES string of the molecule is C=CC(=O)Cc1ccccc1Nc1nc(Nc2cc(C(=O)NOCCO)ccc2OC)ncc1Cl. The second-order valence-electron chi connectivity index (χ2n) is 7.06. The molecular weight excluding hydrogens is 474 g/mol. The Kier molecular flexibility index (Phi) is 9.13. The number of allylic oxidation sites excluding steroid dienone is 1. The summed E-state index contributed by atoms with van der Waals surface area (Å²) in [6, 6.07) is 12.0. The van der Waals surface area contributed by atoms with Gasteiger partial charge >= 0.3 is 0 Å². The Morgan fingerprint density at radius 3 is 2.71 bits per heavy atom. The number of benzene rings is 2. The lowest BCUT2D eigenvalue weighted by atomic mass is 10.1. The number of anilines is 4. The summed E-state index contributed by atoms with van der Waals surface area (Å²) >= 11 is 6.31. The van der Waals surface area contributed by atoms with Crippen LogP contribution in [-0.2, 0) is 16.1 Å². The number of aliphatic hydroxyl groups is 1. The van der Waals surface area contributed by atoms with Gasteiger partial charge in [0.2, 0.25) is 5.95 Å². The first-order valence-electron chi connectivity index (χ1n) is 10.5. The predicted octanol–water partition coefficient (Wildman–Crippen LogP) is 3.58. The van der Waals surface area contributed by atoms with E-state index in [-0.39, 0.29) is 42.0 Å². The van der Waals surface area contributed by atoms with Crippen LogP contribution in [0.4, 0.5) is 23.1 Å². The summed E-state index contributed by atoms with van der Waals surface area (Å²) in [5, 5.41) is 15.2. The summed E-state index contributed by atoms with van der Waals surface area (Å²) in [6.45, 7) is 3.25. The Balaban J connectivity index is 1.85. The van der Waals surface area contributed by atoms with Gasteiger partial charge in [-0.2, -0.15) is 4.98 Å². The maximum absolute atomic E-state index is 12.3. The summed E-state index contributed by atoms with van der Waals surface area (Å²) in [6.07, 6.45) is 2.87. The highest BCUT2D eigenvalue weighted by molar-refractivity contribution is 6.33. The van der Waals surface area contributed by atoms with Gasteiger partial charge in [-0.3, -0.25) is 14.4 Å². The van der Waals surface area contributed by atoms with Crippen LogP contribution in [0, 0.1) is 0 Å². The van der Waals surface area contributed by atoms with E-state index in [1.807, 2.05) is 18.2 Å². The summed E-state index contributed by atoms with van der Waals surface area (Å²) in [5.41, 5.74) is 4.36. The third-order valence-electron chi connectivity index (χ3n) is 4.67. The molecule has 0 aliphatic carbocycles. The van der Waals surface area contributed by atoms with Crippen molar-refractivity contribution >= 4 is 46.4 Å². The number of methoxy groups -OCH3 is 1. The van der Waals surface area contributed by atoms with Crippen LogP contribution in [-0.4, -0.2) is 47.1 Å². The molecule has 4 N–H and O–H groups in total. The smallest absolute Gasteiger partial charge is 0.274 e. The van der Waals surface area contributed by atoms with Crippen molar-refractivity contribution in [3.8, 4) is 5.75 Å². The van der Waals surface area contributed by atoms with Gasteiger partial charge in [0.1, 0.15) is 10.8 Å². The summed E-state index contributed by atoms with van der Waals surface area (Å²) < 4.78 is 5.37. The first-order chi connectivity index (χ1) is 16.9. The number of hydrogen-bond donors (Lipinski definition) is 4. The molecule has 0 spiro atoms. The lowest BCUT2D eigenvalue weighted by Gasteiger charge is -2.14. The maximum Gasteiger partial charge on any atom is 0.274 e. The molecule has 0 aliphatic rings. The van der Waals surface area contributed by atoms with Crippen LogP contribution < -0.4 is 20.9 Å². The minimum Gasteiger partial charge on any atom is -0.495 e. The van der Waals surface area contributed by atoms with Gasteiger partial charge in [0.25, 0.3) is 5.91 Å². The van der Waals surface area contributed by atoms with E-state index in [2.05, 4.69) is 32.7 Å². The van der Waals surface area contributed by atoms with Crippen LogP contribution in [0.2, 0.25) is 5.02 Å². The van der Waals surface area contributed by atoms with Crippen molar-refractivity contribution < 1.29 is 24.3 Å². The average molecular weight is 498 g/mol. The fourth-order valence-electron chi connectivity index (χ4n) is 2.99. The molecule has 0 aliphatic heterocycles. The van der Waals surface area contributed by atoms with Gasteiger partial charge in [-0.05, 0) is 35.9 Å². The molecule has 3 aromatic rings. The number of halogens is 1. The van der Waals surface area contributed by atoms with Crippen LogP contribution >= 0.6 is 11.6 Å². The van der Waals surface area contributed by atoms with Crippen LogP contribution in [0.5, 0.6) is 5.75 Å². The third kappa shape index (κ3) is 7.00. The largest absolute Gasteiger partial charge is 0.495 e. The fraction of sp³-hybridized carbons (Fsp3) is 0.167. The second kappa shape index (κ2) is 12.5. The molecule has 11 heteroatoms. The van der Waals surface area contributed by atoms with Gasteiger partial charge < -0.3 is 20.5 Å². The number of hydrogen-bond acceptors (Lipinski definition) is 9. The van der Waals surface area contributed by atoms with Gasteiger partial charge in [-0.1, -0.05) is 36.4 Å². The van der Waals surface area contributed by atoms with E-state index in [1.54, 1.807) is 18.2 Å². The molecule has 3 rings (SSSR count). The van der Waals surface area contributed by atoms with Gasteiger partial charge in [-0.15, -0.1) is 0 Å². The molecule has 10 nitrogen and oxygen atoms in total. The van der Waals surface area contributed by atoms with E-state index in [4.69, 9.17) is 26.3 Å². The highest BCUT2D eigenvalue weighted by atomic mass is 35.5. The second-order valence-corrected chi connectivity index (χ2v) is 7.47. The zero-order valence-corrected chi connectivity index (χ0v) is 19.6. The number of rotatable bonds is 12. The predicted molar refractivity (Wildman–Crippen MR) is 132 cm³/mol. The third-order valence-corrected chi connectivity index (χ3v) is 4.95. The molecule has 1 amide bonds. The number of nitrogens with one attached hydrogen (secondary N) is 3.